The first-order chi connectivity index (χ1) is 18.0. The molecule has 6 N–H and O–H groups in total. The van der Waals surface area contributed by atoms with Crippen LogP contribution < -0.4 is 10.6 Å². The minimum atomic E-state index is -1.41. The Morgan fingerprint density at radius 2 is 0.947 bits per heavy atom. The number of aliphatic carboxylic acids is 4. The Morgan fingerprint density at radius 3 is 1.26 bits per heavy atom. The van der Waals surface area contributed by atoms with E-state index in [0.29, 0.717) is 9.79 Å². The van der Waals surface area contributed by atoms with E-state index in [0.717, 1.165) is 21.6 Å². The fourth-order valence-electron chi connectivity index (χ4n) is 3.07. The van der Waals surface area contributed by atoms with Crippen molar-refractivity contribution in [3.63, 3.8) is 0 Å². The van der Waals surface area contributed by atoms with E-state index in [9.17, 15) is 39.0 Å². The number of carbonyl (C=O) groups excluding carboxylic acids is 2. The average molecular weight is 565 g/mol. The van der Waals surface area contributed by atoms with Crippen molar-refractivity contribution < 1.29 is 49.2 Å². The molecular formula is C24H24N2O10S2. The summed E-state index contributed by atoms with van der Waals surface area (Å²) in [5.41, 5.74) is 0.265. The molecule has 2 aromatic rings. The molecule has 0 aromatic heterocycles. The molecule has 14 heteroatoms. The van der Waals surface area contributed by atoms with Crippen LogP contribution in [0, 0.1) is 0 Å². The van der Waals surface area contributed by atoms with E-state index in [4.69, 9.17) is 10.2 Å². The quantitative estimate of drug-likeness (QED) is 0.173. The summed E-state index contributed by atoms with van der Waals surface area (Å²) >= 11 is 0. The van der Waals surface area contributed by atoms with Gasteiger partial charge >= 0.3 is 23.9 Å². The van der Waals surface area contributed by atoms with Gasteiger partial charge in [-0.3, -0.25) is 19.2 Å². The van der Waals surface area contributed by atoms with Crippen LogP contribution in [0.15, 0.2) is 58.3 Å². The van der Waals surface area contributed by atoms with Crippen LogP contribution in [0.3, 0.4) is 0 Å². The second-order valence-electron chi connectivity index (χ2n) is 7.75. The largest absolute Gasteiger partial charge is 0.481 e. The zero-order valence-electron chi connectivity index (χ0n) is 19.7. The summed E-state index contributed by atoms with van der Waals surface area (Å²) in [6.45, 7) is 0. The number of hydrogen-bond donors (Lipinski definition) is 6. The van der Waals surface area contributed by atoms with Crippen LogP contribution in [0.2, 0.25) is 0 Å². The number of carbonyl (C=O) groups is 6. The lowest BCUT2D eigenvalue weighted by atomic mass is 10.1. The third-order valence-electron chi connectivity index (χ3n) is 4.99. The number of rotatable bonds is 15. The van der Waals surface area contributed by atoms with E-state index in [1.165, 1.54) is 12.1 Å². The number of nitrogens with one attached hydrogen (secondary N) is 2. The molecular weight excluding hydrogens is 540 g/mol. The second-order valence-corrected chi connectivity index (χ2v) is 9.97. The lowest BCUT2D eigenvalue weighted by Gasteiger charge is -2.16. The van der Waals surface area contributed by atoms with E-state index < -0.39 is 60.6 Å². The maximum absolute atomic E-state index is 12.8. The normalized spacial score (nSPS) is 12.1. The lowest BCUT2D eigenvalue weighted by Crippen LogP contribution is -2.41. The van der Waals surface area contributed by atoms with E-state index in [2.05, 4.69) is 10.6 Å². The Balaban J connectivity index is 2.17. The molecule has 0 aliphatic heterocycles. The minimum absolute atomic E-state index is 0.133. The van der Waals surface area contributed by atoms with Crippen LogP contribution in [-0.2, 0) is 19.2 Å². The van der Waals surface area contributed by atoms with Gasteiger partial charge < -0.3 is 31.1 Å². The van der Waals surface area contributed by atoms with Gasteiger partial charge in [0.2, 0.25) is 0 Å². The van der Waals surface area contributed by atoms with Crippen molar-refractivity contribution in [1.82, 2.24) is 10.6 Å². The molecule has 0 aliphatic rings. The van der Waals surface area contributed by atoms with Crippen molar-refractivity contribution in [3.05, 3.63) is 59.7 Å². The highest BCUT2D eigenvalue weighted by Crippen LogP contribution is 2.40. The third-order valence-corrected chi connectivity index (χ3v) is 7.47. The van der Waals surface area contributed by atoms with E-state index in [1.807, 2.05) is 0 Å². The summed E-state index contributed by atoms with van der Waals surface area (Å²) in [5.74, 6) is -6.58. The van der Waals surface area contributed by atoms with Crippen LogP contribution in [0.5, 0.6) is 0 Å². The van der Waals surface area contributed by atoms with Crippen molar-refractivity contribution in [3.8, 4) is 0 Å². The topological polar surface area (TPSA) is 207 Å². The van der Waals surface area contributed by atoms with Crippen LogP contribution in [0.1, 0.15) is 46.4 Å². The monoisotopic (exact) mass is 564 g/mol. The van der Waals surface area contributed by atoms with E-state index >= 15 is 0 Å². The second kappa shape index (κ2) is 14.6. The Morgan fingerprint density at radius 1 is 0.605 bits per heavy atom. The molecule has 2 atom stereocenters. The highest BCUT2D eigenvalue weighted by Gasteiger charge is 2.25. The highest BCUT2D eigenvalue weighted by atomic mass is 33.1. The van der Waals surface area contributed by atoms with Gasteiger partial charge in [-0.2, -0.15) is 0 Å². The maximum atomic E-state index is 12.8. The number of carboxylic acids is 4. The Hall–Kier alpha value is -4.04. The summed E-state index contributed by atoms with van der Waals surface area (Å²) in [5, 5.41) is 40.9. The van der Waals surface area contributed by atoms with Gasteiger partial charge in [-0.05, 0) is 37.1 Å². The van der Waals surface area contributed by atoms with Gasteiger partial charge in [0.15, 0.2) is 0 Å². The van der Waals surface area contributed by atoms with Crippen molar-refractivity contribution in [1.29, 1.82) is 0 Å². The van der Waals surface area contributed by atoms with Gasteiger partial charge in [0.05, 0.1) is 11.1 Å². The molecule has 0 unspecified atom stereocenters. The third kappa shape index (κ3) is 9.44. The first kappa shape index (κ1) is 30.2. The smallest absolute Gasteiger partial charge is 0.326 e. The molecule has 2 rings (SSSR count). The summed E-state index contributed by atoms with van der Waals surface area (Å²) in [6.07, 6.45) is -1.48. The SMILES string of the molecule is O=C(O)CC[C@H](NC(=O)c1ccccc1SSc1ccccc1C(=O)N[C@@H](CCC(=O)O)C(=O)O)C(=O)O. The number of carboxylic acid groups (broad SMARTS) is 4. The fraction of sp³-hybridized carbons (Fsp3) is 0.250. The highest BCUT2D eigenvalue weighted by molar-refractivity contribution is 8.76. The molecule has 0 saturated carbocycles. The molecule has 2 aromatic carbocycles. The molecule has 38 heavy (non-hydrogen) atoms. The van der Waals surface area contributed by atoms with Crippen LogP contribution in [0.25, 0.3) is 0 Å². The van der Waals surface area contributed by atoms with Crippen molar-refractivity contribution >= 4 is 57.3 Å². The zero-order valence-corrected chi connectivity index (χ0v) is 21.3. The number of amides is 2. The molecule has 0 bridgehead atoms. The Labute approximate surface area is 224 Å². The average Bonchev–Trinajstić information content (AvgIpc) is 2.87. The van der Waals surface area contributed by atoms with Crippen LogP contribution in [0.4, 0.5) is 0 Å². The van der Waals surface area contributed by atoms with Gasteiger partial charge in [-0.1, -0.05) is 45.9 Å². The predicted octanol–water partition coefficient (Wildman–Crippen LogP) is 2.58. The van der Waals surface area contributed by atoms with Crippen molar-refractivity contribution in [2.75, 3.05) is 0 Å². The van der Waals surface area contributed by atoms with Gasteiger partial charge in [0.25, 0.3) is 11.8 Å². The van der Waals surface area contributed by atoms with Crippen molar-refractivity contribution in [2.45, 2.75) is 47.6 Å². The summed E-state index contributed by atoms with van der Waals surface area (Å²) < 4.78 is 0. The molecule has 202 valence electrons. The maximum Gasteiger partial charge on any atom is 0.326 e. The van der Waals surface area contributed by atoms with Crippen LogP contribution in [-0.4, -0.2) is 68.2 Å². The Kier molecular flexibility index (Phi) is 11.6. The molecule has 12 nitrogen and oxygen atoms in total. The number of benzene rings is 2. The number of hydrogen-bond acceptors (Lipinski definition) is 8. The van der Waals surface area contributed by atoms with Crippen LogP contribution >= 0.6 is 21.6 Å². The molecule has 0 heterocycles. The van der Waals surface area contributed by atoms with Gasteiger partial charge in [0.1, 0.15) is 12.1 Å². The predicted molar refractivity (Wildman–Crippen MR) is 136 cm³/mol. The summed E-state index contributed by atoms with van der Waals surface area (Å²) in [6, 6.07) is 9.77. The molecule has 0 radical (unpaired) electrons. The summed E-state index contributed by atoms with van der Waals surface area (Å²) in [7, 11) is 2.19. The lowest BCUT2D eigenvalue weighted by molar-refractivity contribution is -0.142. The molecule has 0 fully saturated rings. The van der Waals surface area contributed by atoms with Gasteiger partial charge in [0, 0.05) is 22.6 Å². The zero-order chi connectivity index (χ0) is 28.2. The molecule has 0 saturated heterocycles. The molecule has 0 spiro atoms. The minimum Gasteiger partial charge on any atom is -0.481 e. The first-order valence-electron chi connectivity index (χ1n) is 11.0. The van der Waals surface area contributed by atoms with Gasteiger partial charge in [-0.15, -0.1) is 0 Å². The van der Waals surface area contributed by atoms with Gasteiger partial charge in [-0.25, -0.2) is 9.59 Å². The Bertz CT molecular complexity index is 1130. The molecule has 0 aliphatic carbocycles. The molecule has 2 amide bonds. The standard InChI is InChI=1S/C24H24N2O10S2/c27-19(28)11-9-15(23(33)34)25-21(31)13-5-1-3-7-17(13)37-38-18-8-4-2-6-14(18)22(32)26-16(24(35)36)10-12-20(29)30/h1-8,15-16H,9-12H2,(H,25,31)(H,26,32)(H,27,28)(H,29,30)(H,33,34)(H,35,36)/t15-,16-/m0/s1. The first-order valence-corrected chi connectivity index (χ1v) is 13.2. The van der Waals surface area contributed by atoms with E-state index in [-0.39, 0.29) is 24.0 Å². The van der Waals surface area contributed by atoms with Crippen molar-refractivity contribution in [2.24, 2.45) is 0 Å². The van der Waals surface area contributed by atoms with E-state index in [1.54, 1.807) is 36.4 Å². The summed E-state index contributed by atoms with van der Waals surface area (Å²) in [4.78, 5) is 70.9. The fourth-order valence-corrected chi connectivity index (χ4v) is 5.43.